The molecular formula is C32H37N5O3S. The van der Waals surface area contributed by atoms with Crippen molar-refractivity contribution in [2.75, 3.05) is 11.9 Å². The summed E-state index contributed by atoms with van der Waals surface area (Å²) in [5, 5.41) is 15.8. The van der Waals surface area contributed by atoms with Gasteiger partial charge in [0.25, 0.3) is 0 Å². The molecule has 0 saturated carbocycles. The highest BCUT2D eigenvalue weighted by Crippen LogP contribution is 2.38. The summed E-state index contributed by atoms with van der Waals surface area (Å²) in [5.74, 6) is -0.750. The number of rotatable bonds is 12. The Labute approximate surface area is 245 Å². The predicted octanol–water partition coefficient (Wildman–Crippen LogP) is 7.64. The lowest BCUT2D eigenvalue weighted by Gasteiger charge is -2.24. The molecule has 41 heavy (non-hydrogen) atoms. The van der Waals surface area contributed by atoms with Gasteiger partial charge in [0.1, 0.15) is 0 Å². The molecule has 9 heteroatoms. The molecule has 1 aromatic carbocycles. The van der Waals surface area contributed by atoms with Crippen molar-refractivity contribution < 1.29 is 14.7 Å². The van der Waals surface area contributed by atoms with E-state index in [0.717, 1.165) is 55.9 Å². The number of aliphatic carboxylic acids is 1. The van der Waals surface area contributed by atoms with Gasteiger partial charge < -0.3 is 10.4 Å². The fourth-order valence-corrected chi connectivity index (χ4v) is 5.85. The van der Waals surface area contributed by atoms with E-state index in [0.29, 0.717) is 37.4 Å². The number of fused-ring (bicyclic) bond motifs is 1. The molecule has 3 N–H and O–H groups in total. The number of benzene rings is 1. The van der Waals surface area contributed by atoms with Crippen molar-refractivity contribution in [1.82, 2.24) is 20.3 Å². The van der Waals surface area contributed by atoms with Crippen molar-refractivity contribution in [2.45, 2.75) is 59.8 Å². The van der Waals surface area contributed by atoms with E-state index in [-0.39, 0.29) is 6.03 Å². The first-order chi connectivity index (χ1) is 19.6. The summed E-state index contributed by atoms with van der Waals surface area (Å²) >= 11 is 1.42. The number of hydrogen-bond donors (Lipinski definition) is 3. The molecule has 2 amide bonds. The zero-order valence-electron chi connectivity index (χ0n) is 24.1. The summed E-state index contributed by atoms with van der Waals surface area (Å²) in [4.78, 5) is 38.0. The highest BCUT2D eigenvalue weighted by molar-refractivity contribution is 7.22. The Morgan fingerprint density at radius 2 is 1.90 bits per heavy atom. The van der Waals surface area contributed by atoms with Gasteiger partial charge in [-0.25, -0.2) is 9.78 Å². The third-order valence-electron chi connectivity index (χ3n) is 7.27. The van der Waals surface area contributed by atoms with Crippen LogP contribution in [0.25, 0.3) is 32.6 Å². The molecule has 0 aliphatic rings. The zero-order chi connectivity index (χ0) is 29.6. The molecule has 214 valence electrons. The molecule has 0 aliphatic carbocycles. The maximum atomic E-state index is 12.1. The molecule has 3 aromatic heterocycles. The van der Waals surface area contributed by atoms with E-state index >= 15 is 0 Å². The fourth-order valence-electron chi connectivity index (χ4n) is 4.88. The highest BCUT2D eigenvalue weighted by Gasteiger charge is 2.31. The van der Waals surface area contributed by atoms with Crippen LogP contribution in [-0.4, -0.2) is 38.6 Å². The Morgan fingerprint density at radius 3 is 2.56 bits per heavy atom. The summed E-state index contributed by atoms with van der Waals surface area (Å²) in [6, 6.07) is 11.7. The fraction of sp³-hybridized carbons (Fsp3) is 0.344. The number of thiazole rings is 1. The topological polar surface area (TPSA) is 117 Å². The van der Waals surface area contributed by atoms with Gasteiger partial charge in [-0.15, -0.1) is 0 Å². The average Bonchev–Trinajstić information content (AvgIpc) is 3.35. The third-order valence-corrected chi connectivity index (χ3v) is 8.29. The zero-order valence-corrected chi connectivity index (χ0v) is 24.9. The number of carboxylic acids is 1. The number of anilines is 1. The van der Waals surface area contributed by atoms with Crippen LogP contribution in [0.2, 0.25) is 0 Å². The van der Waals surface area contributed by atoms with E-state index in [9.17, 15) is 14.7 Å². The van der Waals surface area contributed by atoms with Gasteiger partial charge in [0.2, 0.25) is 0 Å². The van der Waals surface area contributed by atoms with Crippen LogP contribution in [-0.2, 0) is 11.2 Å². The molecule has 0 fully saturated rings. The number of hydrogen-bond acceptors (Lipinski definition) is 6. The summed E-state index contributed by atoms with van der Waals surface area (Å²) in [7, 11) is 0. The van der Waals surface area contributed by atoms with Crippen LogP contribution in [0.4, 0.5) is 9.93 Å². The lowest BCUT2D eigenvalue weighted by molar-refractivity contribution is -0.148. The van der Waals surface area contributed by atoms with Crippen molar-refractivity contribution >= 4 is 38.7 Å². The van der Waals surface area contributed by atoms with Gasteiger partial charge in [0.15, 0.2) is 5.13 Å². The second-order valence-electron chi connectivity index (χ2n) is 10.6. The molecule has 0 saturated heterocycles. The number of carbonyl (C=O) groups is 2. The summed E-state index contributed by atoms with van der Waals surface area (Å²) < 4.78 is 0.938. The van der Waals surface area contributed by atoms with Crippen LogP contribution in [0.5, 0.6) is 0 Å². The second-order valence-corrected chi connectivity index (χ2v) is 11.6. The van der Waals surface area contributed by atoms with Crippen molar-refractivity contribution in [2.24, 2.45) is 5.41 Å². The molecule has 8 nitrogen and oxygen atoms in total. The summed E-state index contributed by atoms with van der Waals surface area (Å²) in [5.41, 5.74) is 6.63. The minimum atomic E-state index is -0.750. The number of carboxylic acid groups (broad SMARTS) is 1. The Kier molecular flexibility index (Phi) is 9.50. The molecule has 0 bridgehead atoms. The van der Waals surface area contributed by atoms with Gasteiger partial charge in [-0.1, -0.05) is 42.9 Å². The Bertz CT molecular complexity index is 1570. The molecule has 4 aromatic rings. The maximum Gasteiger partial charge on any atom is 0.321 e. The number of aromatic nitrogens is 3. The van der Waals surface area contributed by atoms with Gasteiger partial charge >= 0.3 is 12.0 Å². The van der Waals surface area contributed by atoms with Gasteiger partial charge in [0.05, 0.1) is 21.3 Å². The van der Waals surface area contributed by atoms with Gasteiger partial charge in [-0.2, -0.15) is 0 Å². The van der Waals surface area contributed by atoms with Crippen molar-refractivity contribution in [3.8, 4) is 22.4 Å². The van der Waals surface area contributed by atoms with Crippen molar-refractivity contribution in [1.29, 1.82) is 0 Å². The van der Waals surface area contributed by atoms with Crippen molar-refractivity contribution in [3.63, 3.8) is 0 Å². The highest BCUT2D eigenvalue weighted by atomic mass is 32.1. The van der Waals surface area contributed by atoms with Crippen LogP contribution in [0, 0.1) is 12.3 Å². The van der Waals surface area contributed by atoms with Crippen molar-refractivity contribution in [3.05, 3.63) is 72.2 Å². The molecule has 3 heterocycles. The minimum absolute atomic E-state index is 0.291. The number of carbonyl (C=O) groups excluding carboxylic acids is 1. The third kappa shape index (κ3) is 7.16. The van der Waals surface area contributed by atoms with Gasteiger partial charge in [-0.3, -0.25) is 20.1 Å². The first-order valence-corrected chi connectivity index (χ1v) is 14.7. The predicted molar refractivity (Wildman–Crippen MR) is 166 cm³/mol. The quantitative estimate of drug-likeness (QED) is 0.150. The van der Waals surface area contributed by atoms with E-state index < -0.39 is 11.4 Å². The number of nitrogens with zero attached hydrogens (tertiary/aromatic N) is 3. The lowest BCUT2D eigenvalue weighted by Crippen LogP contribution is -2.28. The van der Waals surface area contributed by atoms with Crippen LogP contribution in [0.3, 0.4) is 0 Å². The molecule has 0 aliphatic heterocycles. The van der Waals surface area contributed by atoms with E-state index in [1.807, 2.05) is 58.2 Å². The number of allylic oxidation sites excluding steroid dienone is 1. The smallest absolute Gasteiger partial charge is 0.321 e. The molecular weight excluding hydrogens is 534 g/mol. The molecule has 1 unspecified atom stereocenters. The second kappa shape index (κ2) is 13.0. The number of nitrogens with one attached hydrogen (secondary N) is 2. The molecule has 1 atom stereocenters. The average molecular weight is 572 g/mol. The number of amides is 2. The van der Waals surface area contributed by atoms with E-state index in [1.54, 1.807) is 6.20 Å². The Balaban J connectivity index is 1.61. The first kappa shape index (κ1) is 29.9. The standard InChI is InChI=1S/C32H37N5O3S/c1-6-12-32(5,29(38)39)13-11-20(3)15-26-21(4)16-23(19-35-26)22-17-24(25-10-8-9-14-34-25)28-27(18-22)36-31(41-28)37-30(40)33-7-2/h8-10,14,16-19H,3,6-7,11-13,15H2,1-2,4-5H3,(H,38,39)(H2,33,36,37,40). The van der Waals surface area contributed by atoms with E-state index in [1.165, 1.54) is 11.3 Å². The number of urea groups is 1. The Hall–Kier alpha value is -4.11. The number of aryl methyl sites for hydroxylation is 1. The summed E-state index contributed by atoms with van der Waals surface area (Å²) in [6.07, 6.45) is 6.91. The van der Waals surface area contributed by atoms with E-state index in [2.05, 4.69) is 34.3 Å². The normalized spacial score (nSPS) is 12.6. The largest absolute Gasteiger partial charge is 0.481 e. The molecule has 0 radical (unpaired) electrons. The number of pyridine rings is 2. The van der Waals surface area contributed by atoms with Crippen LogP contribution in [0.1, 0.15) is 57.7 Å². The van der Waals surface area contributed by atoms with E-state index in [4.69, 9.17) is 9.97 Å². The molecule has 0 spiro atoms. The first-order valence-electron chi connectivity index (χ1n) is 13.9. The van der Waals surface area contributed by atoms with Gasteiger partial charge in [0, 0.05) is 42.2 Å². The van der Waals surface area contributed by atoms with Crippen LogP contribution >= 0.6 is 11.3 Å². The van der Waals surface area contributed by atoms with Gasteiger partial charge in [-0.05, 0) is 81.5 Å². The lowest BCUT2D eigenvalue weighted by atomic mass is 9.80. The van der Waals surface area contributed by atoms with Crippen LogP contribution < -0.4 is 10.6 Å². The summed E-state index contributed by atoms with van der Waals surface area (Å²) in [6.45, 7) is 12.5. The Morgan fingerprint density at radius 1 is 1.10 bits per heavy atom. The maximum absolute atomic E-state index is 12.1. The minimum Gasteiger partial charge on any atom is -0.481 e. The SMILES string of the molecule is C=C(CCC(C)(CCC)C(=O)O)Cc1ncc(-c2cc(-c3ccccn3)c3sc(NC(=O)NCC)nc3c2)cc1C. The monoisotopic (exact) mass is 571 g/mol. The molecule has 4 rings (SSSR count). The van der Waals surface area contributed by atoms with Crippen LogP contribution in [0.15, 0.2) is 60.9 Å².